The van der Waals surface area contributed by atoms with E-state index in [2.05, 4.69) is 4.98 Å². The first-order valence-corrected chi connectivity index (χ1v) is 6.23. The lowest BCUT2D eigenvalue weighted by Gasteiger charge is -2.12. The van der Waals surface area contributed by atoms with Gasteiger partial charge in [0.05, 0.1) is 5.69 Å². The molecular formula is C15H18N2O2. The first-order chi connectivity index (χ1) is 8.82. The molecule has 1 aromatic heterocycles. The second kappa shape index (κ2) is 4.53. The van der Waals surface area contributed by atoms with E-state index in [0.29, 0.717) is 16.9 Å². The molecule has 19 heavy (non-hydrogen) atoms. The summed E-state index contributed by atoms with van der Waals surface area (Å²) in [7, 11) is 0. The third-order valence-electron chi connectivity index (χ3n) is 3.64. The number of rotatable bonds is 1. The van der Waals surface area contributed by atoms with Gasteiger partial charge in [-0.1, -0.05) is 6.07 Å². The van der Waals surface area contributed by atoms with Crippen LogP contribution in [0.15, 0.2) is 21.7 Å². The summed E-state index contributed by atoms with van der Waals surface area (Å²) in [5.74, 6) is 0. The van der Waals surface area contributed by atoms with Crippen molar-refractivity contribution >= 4 is 0 Å². The molecule has 0 unspecified atom stereocenters. The lowest BCUT2D eigenvalue weighted by atomic mass is 10.0. The SMILES string of the molecule is Cc1cc(C)c(-n2c(=O)[nH]c(C)c(C)c2=O)cc1C. The molecule has 0 spiro atoms. The maximum Gasteiger partial charge on any atom is 0.333 e. The minimum absolute atomic E-state index is 0.257. The van der Waals surface area contributed by atoms with Crippen molar-refractivity contribution in [2.24, 2.45) is 0 Å². The molecule has 4 nitrogen and oxygen atoms in total. The van der Waals surface area contributed by atoms with Crippen molar-refractivity contribution in [2.45, 2.75) is 34.6 Å². The Labute approximate surface area is 111 Å². The highest BCUT2D eigenvalue weighted by molar-refractivity contribution is 5.46. The van der Waals surface area contributed by atoms with Gasteiger partial charge in [-0.25, -0.2) is 9.36 Å². The zero-order valence-electron chi connectivity index (χ0n) is 11.9. The number of nitrogens with zero attached hydrogens (tertiary/aromatic N) is 1. The summed E-state index contributed by atoms with van der Waals surface area (Å²) in [6.45, 7) is 9.34. The first kappa shape index (κ1) is 13.3. The lowest BCUT2D eigenvalue weighted by Crippen LogP contribution is -2.36. The van der Waals surface area contributed by atoms with Crippen LogP contribution in [0.3, 0.4) is 0 Å². The summed E-state index contributed by atoms with van der Waals surface area (Å²) in [5.41, 5.74) is 4.31. The van der Waals surface area contributed by atoms with Crippen LogP contribution in [-0.4, -0.2) is 9.55 Å². The normalized spacial score (nSPS) is 10.8. The minimum Gasteiger partial charge on any atom is -0.311 e. The van der Waals surface area contributed by atoms with E-state index in [-0.39, 0.29) is 11.2 Å². The minimum atomic E-state index is -0.389. The monoisotopic (exact) mass is 258 g/mol. The molecule has 0 amide bonds. The summed E-state index contributed by atoms with van der Waals surface area (Å²) in [4.78, 5) is 27.1. The zero-order valence-corrected chi connectivity index (χ0v) is 11.9. The van der Waals surface area contributed by atoms with Gasteiger partial charge >= 0.3 is 5.69 Å². The van der Waals surface area contributed by atoms with E-state index >= 15 is 0 Å². The molecule has 0 aliphatic heterocycles. The molecular weight excluding hydrogens is 240 g/mol. The predicted molar refractivity (Wildman–Crippen MR) is 76.3 cm³/mol. The Bertz CT molecular complexity index is 767. The molecule has 0 radical (unpaired) electrons. The molecule has 0 aliphatic carbocycles. The number of hydrogen-bond acceptors (Lipinski definition) is 2. The molecule has 0 bridgehead atoms. The first-order valence-electron chi connectivity index (χ1n) is 6.23. The number of H-pyrrole nitrogens is 1. The summed E-state index contributed by atoms with van der Waals surface area (Å²) in [6, 6.07) is 3.88. The number of aryl methyl sites for hydroxylation is 4. The number of benzene rings is 1. The topological polar surface area (TPSA) is 54.9 Å². The van der Waals surface area contributed by atoms with Gasteiger partial charge in [0.15, 0.2) is 0 Å². The van der Waals surface area contributed by atoms with Crippen LogP contribution in [0.4, 0.5) is 0 Å². The van der Waals surface area contributed by atoms with E-state index in [1.54, 1.807) is 13.8 Å². The zero-order chi connectivity index (χ0) is 14.3. The van der Waals surface area contributed by atoms with Gasteiger partial charge in [-0.15, -0.1) is 0 Å². The highest BCUT2D eigenvalue weighted by Gasteiger charge is 2.12. The molecule has 4 heteroatoms. The molecule has 2 rings (SSSR count). The Balaban J connectivity index is 2.88. The highest BCUT2D eigenvalue weighted by Crippen LogP contribution is 2.17. The van der Waals surface area contributed by atoms with Crippen molar-refractivity contribution in [2.75, 3.05) is 0 Å². The molecule has 0 atom stereocenters. The smallest absolute Gasteiger partial charge is 0.311 e. The van der Waals surface area contributed by atoms with E-state index in [4.69, 9.17) is 0 Å². The lowest BCUT2D eigenvalue weighted by molar-refractivity contribution is 0.833. The van der Waals surface area contributed by atoms with Crippen LogP contribution in [0.1, 0.15) is 27.9 Å². The standard InChI is InChI=1S/C15H18N2O2/c1-8-6-10(3)13(7-9(8)2)17-14(18)11(4)12(5)16-15(17)19/h6-7H,1-5H3,(H,16,19). The van der Waals surface area contributed by atoms with Crippen molar-refractivity contribution in [1.29, 1.82) is 0 Å². The van der Waals surface area contributed by atoms with Crippen LogP contribution < -0.4 is 11.2 Å². The quantitative estimate of drug-likeness (QED) is 0.851. The van der Waals surface area contributed by atoms with Gasteiger partial charge in [-0.05, 0) is 57.4 Å². The number of nitrogens with one attached hydrogen (secondary N) is 1. The summed E-state index contributed by atoms with van der Waals surface area (Å²) >= 11 is 0. The Kier molecular flexibility index (Phi) is 3.18. The van der Waals surface area contributed by atoms with Gasteiger partial charge < -0.3 is 4.98 Å². The summed E-state index contributed by atoms with van der Waals surface area (Å²) in [6.07, 6.45) is 0. The van der Waals surface area contributed by atoms with Crippen LogP contribution in [0.5, 0.6) is 0 Å². The Morgan fingerprint density at radius 1 is 0.895 bits per heavy atom. The van der Waals surface area contributed by atoms with Gasteiger partial charge in [-0.2, -0.15) is 0 Å². The maximum atomic E-state index is 12.3. The average Bonchev–Trinajstić information content (AvgIpc) is 2.33. The molecule has 0 aliphatic rings. The van der Waals surface area contributed by atoms with Gasteiger partial charge in [0, 0.05) is 11.3 Å². The maximum absolute atomic E-state index is 12.3. The summed E-state index contributed by atoms with van der Waals surface area (Å²) < 4.78 is 1.21. The van der Waals surface area contributed by atoms with Crippen LogP contribution in [0.2, 0.25) is 0 Å². The number of aromatic nitrogens is 2. The largest absolute Gasteiger partial charge is 0.333 e. The van der Waals surface area contributed by atoms with Crippen molar-refractivity contribution in [3.63, 3.8) is 0 Å². The molecule has 1 aromatic carbocycles. The van der Waals surface area contributed by atoms with Crippen LogP contribution in [-0.2, 0) is 0 Å². The van der Waals surface area contributed by atoms with Crippen molar-refractivity contribution in [3.05, 3.63) is 60.9 Å². The van der Waals surface area contributed by atoms with Crippen molar-refractivity contribution in [3.8, 4) is 5.69 Å². The fourth-order valence-electron chi connectivity index (χ4n) is 2.14. The molecule has 0 fully saturated rings. The molecule has 0 saturated carbocycles. The Hall–Kier alpha value is -2.10. The Morgan fingerprint density at radius 3 is 2.11 bits per heavy atom. The van der Waals surface area contributed by atoms with E-state index in [9.17, 15) is 9.59 Å². The van der Waals surface area contributed by atoms with E-state index in [0.717, 1.165) is 16.7 Å². The van der Waals surface area contributed by atoms with Crippen LogP contribution in [0, 0.1) is 34.6 Å². The van der Waals surface area contributed by atoms with Crippen molar-refractivity contribution in [1.82, 2.24) is 9.55 Å². The molecule has 0 saturated heterocycles. The second-order valence-corrected chi connectivity index (χ2v) is 5.04. The number of hydrogen-bond donors (Lipinski definition) is 1. The summed E-state index contributed by atoms with van der Waals surface area (Å²) in [5, 5.41) is 0. The van der Waals surface area contributed by atoms with E-state index < -0.39 is 0 Å². The fraction of sp³-hybridized carbons (Fsp3) is 0.333. The van der Waals surface area contributed by atoms with Crippen molar-refractivity contribution < 1.29 is 0 Å². The Morgan fingerprint density at radius 2 is 1.47 bits per heavy atom. The predicted octanol–water partition coefficient (Wildman–Crippen LogP) is 2.07. The second-order valence-electron chi connectivity index (χ2n) is 5.04. The van der Waals surface area contributed by atoms with Gasteiger partial charge in [0.2, 0.25) is 0 Å². The van der Waals surface area contributed by atoms with Crippen LogP contribution >= 0.6 is 0 Å². The van der Waals surface area contributed by atoms with E-state index in [1.807, 2.05) is 32.9 Å². The molecule has 100 valence electrons. The highest BCUT2D eigenvalue weighted by atomic mass is 16.2. The average molecular weight is 258 g/mol. The number of aromatic amines is 1. The van der Waals surface area contributed by atoms with E-state index in [1.165, 1.54) is 4.57 Å². The van der Waals surface area contributed by atoms with Crippen LogP contribution in [0.25, 0.3) is 5.69 Å². The third kappa shape index (κ3) is 2.14. The van der Waals surface area contributed by atoms with Gasteiger partial charge in [0.1, 0.15) is 0 Å². The molecule has 2 aromatic rings. The molecule has 1 heterocycles. The van der Waals surface area contributed by atoms with Gasteiger partial charge in [-0.3, -0.25) is 4.79 Å². The third-order valence-corrected chi connectivity index (χ3v) is 3.64. The fourth-order valence-corrected chi connectivity index (χ4v) is 2.14. The van der Waals surface area contributed by atoms with Gasteiger partial charge in [0.25, 0.3) is 5.56 Å². The molecule has 1 N–H and O–H groups in total.